The number of hydrogen-bond acceptors (Lipinski definition) is 4. The Morgan fingerprint density at radius 1 is 1.13 bits per heavy atom. The Morgan fingerprint density at radius 2 is 1.87 bits per heavy atom. The molecule has 156 valence electrons. The minimum atomic E-state index is -0.329. The number of halogens is 3. The van der Waals surface area contributed by atoms with Crippen molar-refractivity contribution >= 4 is 73.5 Å². The molecule has 8 heteroatoms. The Bertz CT molecular complexity index is 1200. The molecule has 1 heterocycles. The lowest BCUT2D eigenvalue weighted by molar-refractivity contribution is -0.113. The summed E-state index contributed by atoms with van der Waals surface area (Å²) in [7, 11) is 0. The van der Waals surface area contributed by atoms with Crippen LogP contribution in [0.1, 0.15) is 11.1 Å². The van der Waals surface area contributed by atoms with Gasteiger partial charge in [0.1, 0.15) is 18.2 Å². The van der Waals surface area contributed by atoms with Gasteiger partial charge in [-0.2, -0.15) is 0 Å². The van der Waals surface area contributed by atoms with E-state index in [9.17, 15) is 9.18 Å². The zero-order valence-electron chi connectivity index (χ0n) is 15.8. The Kier molecular flexibility index (Phi) is 6.77. The number of carbonyl (C=O) groups excluding carboxylic acids is 1. The maximum atomic E-state index is 13.9. The number of carbonyl (C=O) groups is 1. The van der Waals surface area contributed by atoms with Gasteiger partial charge in [0.15, 0.2) is 4.32 Å². The van der Waals surface area contributed by atoms with Crippen molar-refractivity contribution in [3.63, 3.8) is 0 Å². The van der Waals surface area contributed by atoms with Gasteiger partial charge in [-0.15, -0.1) is 0 Å². The van der Waals surface area contributed by atoms with Crippen molar-refractivity contribution in [2.75, 3.05) is 4.90 Å². The molecule has 0 spiro atoms. The molecular weight excluding hydrogens is 521 g/mol. The first-order valence-corrected chi connectivity index (χ1v) is 11.5. The highest BCUT2D eigenvalue weighted by Gasteiger charge is 2.33. The molecule has 0 aliphatic carbocycles. The number of benzene rings is 3. The molecule has 0 unspecified atom stereocenters. The summed E-state index contributed by atoms with van der Waals surface area (Å²) in [5.41, 5.74) is 1.79. The van der Waals surface area contributed by atoms with Crippen LogP contribution in [0, 0.1) is 5.82 Å². The van der Waals surface area contributed by atoms with E-state index in [-0.39, 0.29) is 18.3 Å². The number of thiocarbonyl (C=S) groups is 1. The van der Waals surface area contributed by atoms with Gasteiger partial charge in [-0.25, -0.2) is 4.39 Å². The van der Waals surface area contributed by atoms with Crippen LogP contribution < -0.4 is 9.64 Å². The first-order valence-electron chi connectivity index (χ1n) is 9.11. The number of anilines is 1. The highest BCUT2D eigenvalue weighted by atomic mass is 79.9. The van der Waals surface area contributed by atoms with Crippen molar-refractivity contribution < 1.29 is 13.9 Å². The topological polar surface area (TPSA) is 29.5 Å². The molecule has 31 heavy (non-hydrogen) atoms. The van der Waals surface area contributed by atoms with Crippen LogP contribution in [0.15, 0.2) is 76.1 Å². The highest BCUT2D eigenvalue weighted by molar-refractivity contribution is 9.10. The van der Waals surface area contributed by atoms with E-state index in [4.69, 9.17) is 28.6 Å². The van der Waals surface area contributed by atoms with Gasteiger partial charge >= 0.3 is 0 Å². The van der Waals surface area contributed by atoms with Crippen molar-refractivity contribution in [3.8, 4) is 5.75 Å². The monoisotopic (exact) mass is 533 g/mol. The summed E-state index contributed by atoms with van der Waals surface area (Å²) in [6, 6.07) is 18.8. The molecule has 3 aromatic rings. The van der Waals surface area contributed by atoms with Crippen molar-refractivity contribution in [1.82, 2.24) is 0 Å². The second-order valence-corrected chi connectivity index (χ2v) is 9.58. The van der Waals surface area contributed by atoms with Crippen molar-refractivity contribution in [1.29, 1.82) is 0 Å². The molecule has 4 rings (SSSR count). The van der Waals surface area contributed by atoms with Crippen LogP contribution in [-0.4, -0.2) is 10.2 Å². The number of hydrogen-bond donors (Lipinski definition) is 0. The molecule has 0 radical (unpaired) electrons. The molecule has 1 amide bonds. The quantitative estimate of drug-likeness (QED) is 0.255. The summed E-state index contributed by atoms with van der Waals surface area (Å²) in [5, 5.41) is 0.579. The number of nitrogens with zero attached hydrogens (tertiary/aromatic N) is 1. The third-order valence-corrected chi connectivity index (χ3v) is 6.53. The van der Waals surface area contributed by atoms with Gasteiger partial charge in [0, 0.05) is 20.6 Å². The summed E-state index contributed by atoms with van der Waals surface area (Å²) >= 11 is 16.0. The Morgan fingerprint density at radius 3 is 2.61 bits per heavy atom. The molecule has 0 atom stereocenters. The van der Waals surface area contributed by atoms with E-state index in [0.29, 0.717) is 36.8 Å². The van der Waals surface area contributed by atoms with Gasteiger partial charge in [0.2, 0.25) is 0 Å². The third kappa shape index (κ3) is 5.01. The standard InChI is InChI=1S/C23H14BrClFNO2S2/c24-16-5-10-20(29-13-14-3-1-2-4-19(14)26)15(11-16)12-21-22(28)27(23(30)31-21)18-8-6-17(25)7-9-18/h1-12H,13H2/b21-12+. The van der Waals surface area contributed by atoms with Gasteiger partial charge in [-0.1, -0.05) is 69.7 Å². The first-order chi connectivity index (χ1) is 14.9. The van der Waals surface area contributed by atoms with Crippen molar-refractivity contribution in [3.05, 3.63) is 98.1 Å². The third-order valence-electron chi connectivity index (χ3n) is 4.48. The van der Waals surface area contributed by atoms with Gasteiger partial charge in [0.05, 0.1) is 10.6 Å². The summed E-state index contributed by atoms with van der Waals surface area (Å²) in [6.07, 6.45) is 1.73. The van der Waals surface area contributed by atoms with Crippen molar-refractivity contribution in [2.45, 2.75) is 6.61 Å². The summed E-state index contributed by atoms with van der Waals surface area (Å²) in [4.78, 5) is 15.0. The van der Waals surface area contributed by atoms with Crippen LogP contribution in [0.2, 0.25) is 5.02 Å². The fraction of sp³-hybridized carbons (Fsp3) is 0.0435. The number of rotatable bonds is 5. The summed E-state index contributed by atoms with van der Waals surface area (Å²) < 4.78 is 21.1. The minimum Gasteiger partial charge on any atom is -0.488 e. The number of thioether (sulfide) groups is 1. The molecule has 1 saturated heterocycles. The Labute approximate surface area is 202 Å². The predicted octanol–water partition coefficient (Wildman–Crippen LogP) is 7.23. The van der Waals surface area contributed by atoms with Crippen LogP contribution in [0.5, 0.6) is 5.75 Å². The van der Waals surface area contributed by atoms with Gasteiger partial charge in [-0.3, -0.25) is 9.69 Å². The van der Waals surface area contributed by atoms with Gasteiger partial charge in [0.25, 0.3) is 5.91 Å². The lowest BCUT2D eigenvalue weighted by atomic mass is 10.1. The Hall–Kier alpha value is -2.19. The number of amides is 1. The zero-order chi connectivity index (χ0) is 22.0. The summed E-state index contributed by atoms with van der Waals surface area (Å²) in [6.45, 7) is 0.0703. The normalized spacial score (nSPS) is 15.1. The maximum absolute atomic E-state index is 13.9. The predicted molar refractivity (Wildman–Crippen MR) is 132 cm³/mol. The molecule has 3 aromatic carbocycles. The lowest BCUT2D eigenvalue weighted by Gasteiger charge is -2.14. The second kappa shape index (κ2) is 9.53. The fourth-order valence-electron chi connectivity index (χ4n) is 2.96. The van der Waals surface area contributed by atoms with E-state index in [1.807, 2.05) is 12.1 Å². The Balaban J connectivity index is 1.61. The van der Waals surface area contributed by atoms with E-state index in [0.717, 1.165) is 4.47 Å². The van der Waals surface area contributed by atoms with E-state index in [1.54, 1.807) is 54.6 Å². The molecule has 1 fully saturated rings. The molecule has 0 aromatic heterocycles. The van der Waals surface area contributed by atoms with Gasteiger partial charge < -0.3 is 4.74 Å². The van der Waals surface area contributed by atoms with Crippen LogP contribution in [-0.2, 0) is 11.4 Å². The first kappa shape index (κ1) is 22.0. The van der Waals surface area contributed by atoms with Crippen LogP contribution in [0.3, 0.4) is 0 Å². The fourth-order valence-corrected chi connectivity index (χ4v) is 4.75. The van der Waals surface area contributed by atoms with E-state index in [2.05, 4.69) is 15.9 Å². The number of ether oxygens (including phenoxy) is 1. The molecule has 3 nitrogen and oxygen atoms in total. The highest BCUT2D eigenvalue weighted by Crippen LogP contribution is 2.38. The van der Waals surface area contributed by atoms with Crippen LogP contribution >= 0.6 is 51.5 Å². The van der Waals surface area contributed by atoms with Crippen LogP contribution in [0.4, 0.5) is 10.1 Å². The van der Waals surface area contributed by atoms with Crippen molar-refractivity contribution in [2.24, 2.45) is 0 Å². The molecule has 1 aliphatic rings. The molecule has 0 bridgehead atoms. The smallest absolute Gasteiger partial charge is 0.270 e. The van der Waals surface area contributed by atoms with Crippen LogP contribution in [0.25, 0.3) is 6.08 Å². The maximum Gasteiger partial charge on any atom is 0.270 e. The summed E-state index contributed by atoms with van der Waals surface area (Å²) in [5.74, 6) is -0.0226. The molecular formula is C23H14BrClFNO2S2. The molecule has 0 saturated carbocycles. The average molecular weight is 535 g/mol. The van der Waals surface area contributed by atoms with Gasteiger partial charge in [-0.05, 0) is 54.6 Å². The SMILES string of the molecule is O=C1/C(=C\c2cc(Br)ccc2OCc2ccccc2F)SC(=S)N1c1ccc(Cl)cc1. The minimum absolute atomic E-state index is 0.0703. The van der Waals surface area contributed by atoms with E-state index in [1.165, 1.54) is 22.7 Å². The van der Waals surface area contributed by atoms with E-state index < -0.39 is 0 Å². The second-order valence-electron chi connectivity index (χ2n) is 6.56. The molecule has 1 aliphatic heterocycles. The van der Waals surface area contributed by atoms with E-state index >= 15 is 0 Å². The average Bonchev–Trinajstić information content (AvgIpc) is 3.02. The largest absolute Gasteiger partial charge is 0.488 e. The molecule has 0 N–H and O–H groups in total. The zero-order valence-corrected chi connectivity index (χ0v) is 19.8. The lowest BCUT2D eigenvalue weighted by Crippen LogP contribution is -2.27.